The van der Waals surface area contributed by atoms with Crippen LogP contribution in [0.4, 0.5) is 29.3 Å². The van der Waals surface area contributed by atoms with E-state index in [9.17, 15) is 18.0 Å². The van der Waals surface area contributed by atoms with E-state index in [1.54, 1.807) is 49.4 Å². The van der Waals surface area contributed by atoms with Crippen molar-refractivity contribution >= 4 is 34.6 Å². The van der Waals surface area contributed by atoms with Gasteiger partial charge in [-0.25, -0.2) is 4.79 Å². The van der Waals surface area contributed by atoms with Gasteiger partial charge in [-0.1, -0.05) is 42.5 Å². The first-order valence-corrected chi connectivity index (χ1v) is 8.79. The van der Waals surface area contributed by atoms with Crippen molar-refractivity contribution in [2.45, 2.75) is 13.1 Å². The van der Waals surface area contributed by atoms with E-state index in [0.717, 1.165) is 29.3 Å². The zero-order chi connectivity index (χ0) is 21.6. The van der Waals surface area contributed by atoms with Gasteiger partial charge in [0.2, 0.25) is 0 Å². The van der Waals surface area contributed by atoms with E-state index < -0.39 is 17.8 Å². The first-order chi connectivity index (χ1) is 13.6. The molecular formula is C21H19ClF3N3O. The van der Waals surface area contributed by atoms with E-state index in [4.69, 9.17) is 17.3 Å². The molecule has 2 rings (SSSR count). The molecule has 2 aromatic carbocycles. The molecule has 0 atom stereocenters. The minimum Gasteiger partial charge on any atom is -0.402 e. The Balaban J connectivity index is 2.13. The predicted molar refractivity (Wildman–Crippen MR) is 112 cm³/mol. The maximum atomic E-state index is 12.8. The summed E-state index contributed by atoms with van der Waals surface area (Å²) in [5.41, 5.74) is 7.42. The highest BCUT2D eigenvalue weighted by Gasteiger charge is 2.31. The molecule has 0 heterocycles. The van der Waals surface area contributed by atoms with Crippen molar-refractivity contribution in [1.82, 2.24) is 0 Å². The molecular weight excluding hydrogens is 403 g/mol. The van der Waals surface area contributed by atoms with E-state index in [0.29, 0.717) is 11.4 Å². The van der Waals surface area contributed by atoms with Crippen molar-refractivity contribution in [2.75, 3.05) is 10.6 Å². The number of halogens is 4. The molecule has 2 aromatic rings. The Morgan fingerprint density at radius 2 is 1.79 bits per heavy atom. The maximum absolute atomic E-state index is 12.8. The van der Waals surface area contributed by atoms with Gasteiger partial charge in [-0.3, -0.25) is 0 Å². The number of hydrogen-bond donors (Lipinski definition) is 3. The molecule has 0 spiro atoms. The lowest BCUT2D eigenvalue weighted by atomic mass is 10.0. The number of urea groups is 1. The van der Waals surface area contributed by atoms with Crippen LogP contribution < -0.4 is 16.4 Å². The van der Waals surface area contributed by atoms with Crippen molar-refractivity contribution in [3.63, 3.8) is 0 Å². The van der Waals surface area contributed by atoms with Crippen LogP contribution in [-0.2, 0) is 6.18 Å². The summed E-state index contributed by atoms with van der Waals surface area (Å²) in [6.45, 7) is 5.43. The number of hydrogen-bond acceptors (Lipinski definition) is 2. The summed E-state index contributed by atoms with van der Waals surface area (Å²) in [6.07, 6.45) is 0.668. The number of nitrogens with two attached hydrogens (primary N) is 1. The van der Waals surface area contributed by atoms with E-state index in [1.165, 1.54) is 0 Å². The van der Waals surface area contributed by atoms with Crippen LogP contribution in [0, 0.1) is 0 Å². The third-order valence-corrected chi connectivity index (χ3v) is 4.03. The molecule has 0 unspecified atom stereocenters. The smallest absolute Gasteiger partial charge is 0.402 e. The maximum Gasteiger partial charge on any atom is 0.416 e. The molecule has 0 saturated heterocycles. The highest BCUT2D eigenvalue weighted by molar-refractivity contribution is 6.33. The van der Waals surface area contributed by atoms with Crippen LogP contribution in [0.2, 0.25) is 5.02 Å². The lowest BCUT2D eigenvalue weighted by Crippen LogP contribution is -2.20. The lowest BCUT2D eigenvalue weighted by molar-refractivity contribution is -0.137. The molecule has 0 radical (unpaired) electrons. The Morgan fingerprint density at radius 3 is 2.34 bits per heavy atom. The van der Waals surface area contributed by atoms with E-state index in [-0.39, 0.29) is 10.7 Å². The minimum absolute atomic E-state index is 0.00774. The summed E-state index contributed by atoms with van der Waals surface area (Å²) in [5, 5.41) is 4.86. The summed E-state index contributed by atoms with van der Waals surface area (Å²) in [4.78, 5) is 12.1. The van der Waals surface area contributed by atoms with Gasteiger partial charge in [0, 0.05) is 11.4 Å². The van der Waals surface area contributed by atoms with Gasteiger partial charge in [0.1, 0.15) is 0 Å². The van der Waals surface area contributed by atoms with Crippen LogP contribution in [0.15, 0.2) is 73.0 Å². The van der Waals surface area contributed by atoms with Crippen molar-refractivity contribution in [2.24, 2.45) is 5.73 Å². The normalized spacial score (nSPS) is 12.4. The second-order valence-corrected chi connectivity index (χ2v) is 6.50. The number of benzene rings is 2. The van der Waals surface area contributed by atoms with E-state index in [2.05, 4.69) is 17.2 Å². The first-order valence-electron chi connectivity index (χ1n) is 8.42. The van der Waals surface area contributed by atoms with Crippen LogP contribution in [0.3, 0.4) is 0 Å². The molecule has 0 bridgehead atoms. The third-order valence-electron chi connectivity index (χ3n) is 3.70. The lowest BCUT2D eigenvalue weighted by Gasteiger charge is -2.12. The number of rotatable bonds is 5. The molecule has 4 nitrogen and oxygen atoms in total. The van der Waals surface area contributed by atoms with Crippen LogP contribution in [0.1, 0.15) is 18.1 Å². The fourth-order valence-electron chi connectivity index (χ4n) is 2.43. The summed E-state index contributed by atoms with van der Waals surface area (Å²) in [5.74, 6) is 0. The Hall–Kier alpha value is -3.19. The highest BCUT2D eigenvalue weighted by Crippen LogP contribution is 2.33. The molecule has 4 N–H and O–H groups in total. The number of allylic oxidation sites excluding steroid dienone is 5. The minimum atomic E-state index is -4.54. The van der Waals surface area contributed by atoms with Gasteiger partial charge in [-0.2, -0.15) is 13.2 Å². The summed E-state index contributed by atoms with van der Waals surface area (Å²) < 4.78 is 38.5. The van der Waals surface area contributed by atoms with Crippen LogP contribution in [-0.4, -0.2) is 6.03 Å². The number of amides is 2. The molecule has 2 amide bonds. The molecule has 0 aliphatic carbocycles. The van der Waals surface area contributed by atoms with Gasteiger partial charge in [0.15, 0.2) is 0 Å². The standard InChI is InChI=1S/C21H19ClF3N3O/c1-3-4-15(11-13(2)26)14-5-8-17(9-6-14)27-20(29)28-19-12-16(21(23,24)25)7-10-18(19)22/h3-12H,1,26H2,2H3,(H2,27,28,29)/b13-11-,15-4+. The fraction of sp³-hybridized carbons (Fsp3) is 0.0952. The van der Waals surface area contributed by atoms with E-state index >= 15 is 0 Å². The average molecular weight is 422 g/mol. The van der Waals surface area contributed by atoms with Gasteiger partial charge < -0.3 is 16.4 Å². The number of alkyl halides is 3. The molecule has 8 heteroatoms. The van der Waals surface area contributed by atoms with Gasteiger partial charge in [-0.05, 0) is 54.5 Å². The van der Waals surface area contributed by atoms with Crippen LogP contribution in [0.5, 0.6) is 0 Å². The van der Waals surface area contributed by atoms with Crippen LogP contribution in [0.25, 0.3) is 5.57 Å². The second-order valence-electron chi connectivity index (χ2n) is 6.09. The highest BCUT2D eigenvalue weighted by atomic mass is 35.5. The quantitative estimate of drug-likeness (QED) is 0.486. The van der Waals surface area contributed by atoms with Gasteiger partial charge in [0.25, 0.3) is 0 Å². The Labute approximate surface area is 171 Å². The van der Waals surface area contributed by atoms with Crippen molar-refractivity contribution in [3.05, 3.63) is 89.1 Å². The van der Waals surface area contributed by atoms with Crippen molar-refractivity contribution < 1.29 is 18.0 Å². The number of carbonyl (C=O) groups is 1. The summed E-state index contributed by atoms with van der Waals surface area (Å²) in [7, 11) is 0. The second kappa shape index (κ2) is 9.34. The number of nitrogens with one attached hydrogen (secondary N) is 2. The third kappa shape index (κ3) is 6.43. The zero-order valence-corrected chi connectivity index (χ0v) is 16.2. The number of carbonyl (C=O) groups excluding carboxylic acids is 1. The summed E-state index contributed by atoms with van der Waals surface area (Å²) >= 11 is 5.88. The molecule has 0 saturated carbocycles. The van der Waals surface area contributed by atoms with Gasteiger partial charge >= 0.3 is 12.2 Å². The number of anilines is 2. The molecule has 152 valence electrons. The Morgan fingerprint density at radius 1 is 1.14 bits per heavy atom. The van der Waals surface area contributed by atoms with Gasteiger partial charge in [-0.15, -0.1) is 0 Å². The molecule has 0 aliphatic heterocycles. The Kier molecular flexibility index (Phi) is 7.12. The molecule has 0 aromatic heterocycles. The van der Waals surface area contributed by atoms with Gasteiger partial charge in [0.05, 0.1) is 16.3 Å². The topological polar surface area (TPSA) is 67.1 Å². The Bertz CT molecular complexity index is 960. The molecule has 0 aliphatic rings. The average Bonchev–Trinajstić information content (AvgIpc) is 2.62. The molecule has 29 heavy (non-hydrogen) atoms. The van der Waals surface area contributed by atoms with Crippen LogP contribution >= 0.6 is 11.6 Å². The first kappa shape index (κ1) is 22.1. The SMILES string of the molecule is C=C/C=C(\C=C(\C)N)c1ccc(NC(=O)Nc2cc(C(F)(F)F)ccc2Cl)cc1. The molecule has 0 fully saturated rings. The van der Waals surface area contributed by atoms with Crippen molar-refractivity contribution in [3.8, 4) is 0 Å². The largest absolute Gasteiger partial charge is 0.416 e. The van der Waals surface area contributed by atoms with E-state index in [1.807, 2.05) is 0 Å². The summed E-state index contributed by atoms with van der Waals surface area (Å²) in [6, 6.07) is 8.81. The fourth-order valence-corrected chi connectivity index (χ4v) is 2.59. The monoisotopic (exact) mass is 421 g/mol. The zero-order valence-electron chi connectivity index (χ0n) is 15.5. The predicted octanol–water partition coefficient (Wildman–Crippen LogP) is 6.43. The van der Waals surface area contributed by atoms with Crippen molar-refractivity contribution in [1.29, 1.82) is 0 Å².